The zero-order valence-electron chi connectivity index (χ0n) is 21.8. The molecule has 10 heteroatoms. The number of aryl methyl sites for hydroxylation is 1. The Morgan fingerprint density at radius 3 is 2.21 bits per heavy atom. The lowest BCUT2D eigenvalue weighted by atomic mass is 10.1. The van der Waals surface area contributed by atoms with Crippen molar-refractivity contribution in [2.24, 2.45) is 0 Å². The van der Waals surface area contributed by atoms with E-state index in [9.17, 15) is 22.4 Å². The molecule has 0 radical (unpaired) electrons. The highest BCUT2D eigenvalue weighted by Gasteiger charge is 2.33. The van der Waals surface area contributed by atoms with E-state index in [2.05, 4.69) is 5.32 Å². The van der Waals surface area contributed by atoms with Gasteiger partial charge in [0.05, 0.1) is 17.7 Å². The van der Waals surface area contributed by atoms with Crippen LogP contribution in [0.3, 0.4) is 0 Å². The van der Waals surface area contributed by atoms with Crippen molar-refractivity contribution in [3.63, 3.8) is 0 Å². The summed E-state index contributed by atoms with van der Waals surface area (Å²) in [5, 5.41) is 2.70. The summed E-state index contributed by atoms with van der Waals surface area (Å²) in [7, 11) is -2.80. The molecule has 3 aromatic rings. The lowest BCUT2D eigenvalue weighted by Gasteiger charge is -2.32. The molecule has 1 N–H and O–H groups in total. The van der Waals surface area contributed by atoms with Crippen molar-refractivity contribution in [1.29, 1.82) is 0 Å². The second-order valence-corrected chi connectivity index (χ2v) is 10.6. The normalized spacial score (nSPS) is 11.9. The second kappa shape index (κ2) is 12.6. The zero-order chi connectivity index (χ0) is 27.9. The van der Waals surface area contributed by atoms with Crippen molar-refractivity contribution in [1.82, 2.24) is 10.2 Å². The molecular weight excluding hydrogens is 509 g/mol. The van der Waals surface area contributed by atoms with Crippen LogP contribution >= 0.6 is 0 Å². The third kappa shape index (κ3) is 6.69. The van der Waals surface area contributed by atoms with Gasteiger partial charge >= 0.3 is 0 Å². The first-order valence-corrected chi connectivity index (χ1v) is 13.6. The van der Waals surface area contributed by atoms with Crippen LogP contribution in [0.4, 0.5) is 10.1 Å². The number of amides is 2. The van der Waals surface area contributed by atoms with Crippen LogP contribution in [0.15, 0.2) is 77.7 Å². The summed E-state index contributed by atoms with van der Waals surface area (Å²) < 4.78 is 48.2. The average Bonchev–Trinajstić information content (AvgIpc) is 2.91. The van der Waals surface area contributed by atoms with E-state index in [-0.39, 0.29) is 17.1 Å². The van der Waals surface area contributed by atoms with Crippen molar-refractivity contribution in [2.75, 3.05) is 24.5 Å². The number of nitrogens with one attached hydrogen (secondary N) is 1. The van der Waals surface area contributed by atoms with Crippen molar-refractivity contribution in [3.05, 3.63) is 89.7 Å². The quantitative estimate of drug-likeness (QED) is 0.397. The fraction of sp³-hybridized carbons (Fsp3) is 0.286. The highest BCUT2D eigenvalue weighted by molar-refractivity contribution is 7.92. The molecule has 0 saturated carbocycles. The van der Waals surface area contributed by atoms with Gasteiger partial charge in [0, 0.05) is 13.1 Å². The van der Waals surface area contributed by atoms with E-state index >= 15 is 0 Å². The van der Waals surface area contributed by atoms with Gasteiger partial charge in [0.25, 0.3) is 10.0 Å². The van der Waals surface area contributed by atoms with Crippen molar-refractivity contribution in [2.45, 2.75) is 38.3 Å². The summed E-state index contributed by atoms with van der Waals surface area (Å²) in [4.78, 5) is 27.7. The van der Waals surface area contributed by atoms with Crippen LogP contribution in [0.1, 0.15) is 25.0 Å². The summed E-state index contributed by atoms with van der Waals surface area (Å²) in [6.45, 7) is 4.81. The van der Waals surface area contributed by atoms with Gasteiger partial charge in [-0.25, -0.2) is 12.8 Å². The van der Waals surface area contributed by atoms with Crippen LogP contribution < -0.4 is 14.4 Å². The molecule has 3 rings (SSSR count). The Morgan fingerprint density at radius 2 is 1.63 bits per heavy atom. The Bertz CT molecular complexity index is 1360. The summed E-state index contributed by atoms with van der Waals surface area (Å²) >= 11 is 0. The van der Waals surface area contributed by atoms with Gasteiger partial charge in [0.2, 0.25) is 11.8 Å². The Morgan fingerprint density at radius 1 is 1.00 bits per heavy atom. The summed E-state index contributed by atoms with van der Waals surface area (Å²) in [5.74, 6) is -1.24. The van der Waals surface area contributed by atoms with E-state index in [1.165, 1.54) is 42.3 Å². The first kappa shape index (κ1) is 28.6. The third-order valence-corrected chi connectivity index (χ3v) is 7.81. The summed E-state index contributed by atoms with van der Waals surface area (Å²) in [6, 6.07) is 17.5. The molecule has 0 bridgehead atoms. The lowest BCUT2D eigenvalue weighted by Crippen LogP contribution is -2.51. The van der Waals surface area contributed by atoms with Crippen LogP contribution in [0, 0.1) is 12.7 Å². The van der Waals surface area contributed by atoms with Crippen molar-refractivity contribution < 1.29 is 27.1 Å². The van der Waals surface area contributed by atoms with E-state index in [4.69, 9.17) is 4.74 Å². The molecule has 0 aromatic heterocycles. The number of hydrogen-bond donors (Lipinski definition) is 1. The minimum absolute atomic E-state index is 0.0246. The van der Waals surface area contributed by atoms with E-state index in [1.54, 1.807) is 50.2 Å². The minimum atomic E-state index is -4.33. The molecule has 0 unspecified atom stereocenters. The van der Waals surface area contributed by atoms with Crippen molar-refractivity contribution >= 4 is 27.5 Å². The predicted molar refractivity (Wildman–Crippen MR) is 144 cm³/mol. The van der Waals surface area contributed by atoms with Gasteiger partial charge in [-0.05, 0) is 62.7 Å². The molecule has 0 aliphatic heterocycles. The van der Waals surface area contributed by atoms with Gasteiger partial charge in [-0.15, -0.1) is 0 Å². The van der Waals surface area contributed by atoms with Crippen LogP contribution in [0.2, 0.25) is 0 Å². The molecule has 2 amide bonds. The number of ether oxygens (including phenoxy) is 1. The first-order chi connectivity index (χ1) is 18.1. The highest BCUT2D eigenvalue weighted by atomic mass is 32.2. The number of hydrogen-bond acceptors (Lipinski definition) is 5. The fourth-order valence-electron chi connectivity index (χ4n) is 3.84. The highest BCUT2D eigenvalue weighted by Crippen LogP contribution is 2.27. The van der Waals surface area contributed by atoms with Crippen LogP contribution in [-0.2, 0) is 26.2 Å². The summed E-state index contributed by atoms with van der Waals surface area (Å²) in [5.41, 5.74) is 1.28. The van der Waals surface area contributed by atoms with Gasteiger partial charge in [-0.3, -0.25) is 13.9 Å². The van der Waals surface area contributed by atoms with Crippen LogP contribution in [-0.4, -0.2) is 51.4 Å². The molecule has 38 heavy (non-hydrogen) atoms. The number of halogens is 1. The number of para-hydroxylation sites is 1. The Hall–Kier alpha value is -3.92. The molecule has 3 aromatic carbocycles. The minimum Gasteiger partial charge on any atom is -0.497 e. The van der Waals surface area contributed by atoms with Gasteiger partial charge < -0.3 is 15.0 Å². The van der Waals surface area contributed by atoms with Gasteiger partial charge in [-0.1, -0.05) is 42.0 Å². The maximum absolute atomic E-state index is 14.9. The van der Waals surface area contributed by atoms with Crippen LogP contribution in [0.5, 0.6) is 5.75 Å². The number of methoxy groups -OCH3 is 1. The number of carbonyl (C=O) groups excluding carboxylic acids is 2. The number of anilines is 1. The van der Waals surface area contributed by atoms with Gasteiger partial charge in [0.15, 0.2) is 0 Å². The molecular formula is C28H32FN3O5S. The second-order valence-electron chi connectivity index (χ2n) is 8.72. The van der Waals surface area contributed by atoms with E-state index < -0.39 is 40.2 Å². The molecule has 0 heterocycles. The molecule has 1 atom stereocenters. The Labute approximate surface area is 223 Å². The van der Waals surface area contributed by atoms with E-state index in [1.807, 2.05) is 6.92 Å². The molecule has 0 fully saturated rings. The van der Waals surface area contributed by atoms with E-state index in [0.29, 0.717) is 17.9 Å². The average molecular weight is 542 g/mol. The summed E-state index contributed by atoms with van der Waals surface area (Å²) in [6.07, 6.45) is 0. The molecule has 0 saturated heterocycles. The van der Waals surface area contributed by atoms with Gasteiger partial charge in [-0.2, -0.15) is 0 Å². The largest absolute Gasteiger partial charge is 0.497 e. The Kier molecular flexibility index (Phi) is 9.46. The zero-order valence-corrected chi connectivity index (χ0v) is 22.7. The standard InChI is InChI=1S/C28H32FN3O5S/c1-5-30-28(34)21(3)31(18-22-12-14-23(37-4)15-13-22)27(33)19-32(26-9-7-6-8-25(26)29)38(35,36)24-16-10-20(2)11-17-24/h6-17,21H,5,18-19H2,1-4H3,(H,30,34)/t21-/m1/s1. The maximum Gasteiger partial charge on any atom is 0.264 e. The first-order valence-electron chi connectivity index (χ1n) is 12.1. The number of carbonyl (C=O) groups is 2. The lowest BCUT2D eigenvalue weighted by molar-refractivity contribution is -0.139. The molecule has 0 aliphatic rings. The fourth-order valence-corrected chi connectivity index (χ4v) is 5.26. The number of nitrogens with zero attached hydrogens (tertiary/aromatic N) is 2. The molecule has 0 aliphatic carbocycles. The number of benzene rings is 3. The monoisotopic (exact) mass is 541 g/mol. The molecule has 202 valence electrons. The molecule has 0 spiro atoms. The molecule has 8 nitrogen and oxygen atoms in total. The topological polar surface area (TPSA) is 96.0 Å². The van der Waals surface area contributed by atoms with Crippen LogP contribution in [0.25, 0.3) is 0 Å². The van der Waals surface area contributed by atoms with E-state index in [0.717, 1.165) is 15.9 Å². The smallest absolute Gasteiger partial charge is 0.264 e. The number of sulfonamides is 1. The number of rotatable bonds is 11. The SMILES string of the molecule is CCNC(=O)[C@@H](C)N(Cc1ccc(OC)cc1)C(=O)CN(c1ccccc1F)S(=O)(=O)c1ccc(C)cc1. The number of likely N-dealkylation sites (N-methyl/N-ethyl adjacent to an activating group) is 1. The van der Waals surface area contributed by atoms with Gasteiger partial charge in [0.1, 0.15) is 24.2 Å². The van der Waals surface area contributed by atoms with Crippen molar-refractivity contribution in [3.8, 4) is 5.75 Å². The third-order valence-electron chi connectivity index (χ3n) is 6.04. The Balaban J connectivity index is 2.03. The maximum atomic E-state index is 14.9. The predicted octanol–water partition coefficient (Wildman–Crippen LogP) is 3.89.